The summed E-state index contributed by atoms with van der Waals surface area (Å²) in [4.78, 5) is -0.0122. The molecule has 6 aromatic carbocycles. The zero-order valence-corrected chi connectivity index (χ0v) is 58.2. The number of ether oxygens (including phenoxy) is 3. The average Bonchev–Trinajstić information content (AvgIpc) is 0.710. The zero-order valence-electron chi connectivity index (χ0n) is 53.4. The molecule has 3 heterocycles. The number of benzene rings is 6. The van der Waals surface area contributed by atoms with E-state index < -0.39 is 101 Å². The van der Waals surface area contributed by atoms with E-state index in [1.807, 2.05) is 12.1 Å². The lowest BCUT2D eigenvalue weighted by Gasteiger charge is -2.52. The van der Waals surface area contributed by atoms with Gasteiger partial charge in [0.25, 0.3) is 0 Å². The number of halogens is 8. The highest BCUT2D eigenvalue weighted by atomic mass is 35.5. The quantitative estimate of drug-likeness (QED) is 0.0899. The highest BCUT2D eigenvalue weighted by Gasteiger charge is 2.63. The van der Waals surface area contributed by atoms with Gasteiger partial charge in [-0.25, -0.2) is 60.0 Å². The molecule has 11 nitrogen and oxygen atoms in total. The van der Waals surface area contributed by atoms with Gasteiger partial charge in [-0.1, -0.05) is 89.2 Å². The van der Waals surface area contributed by atoms with Crippen LogP contribution in [0.3, 0.4) is 0 Å². The van der Waals surface area contributed by atoms with E-state index >= 15 is 13.2 Å². The molecular weight excluding hydrogens is 1340 g/mol. The van der Waals surface area contributed by atoms with E-state index in [4.69, 9.17) is 37.4 Å². The molecule has 23 heteroatoms. The van der Waals surface area contributed by atoms with Crippen molar-refractivity contribution in [1.29, 1.82) is 0 Å². The maximum absolute atomic E-state index is 15.4. The summed E-state index contributed by atoms with van der Waals surface area (Å²) in [7, 11) is -15.0. The fourth-order valence-corrected chi connectivity index (χ4v) is 23.4. The molecule has 3 aliphatic heterocycles. The molecular formula is C71H80Cl2F6O11S4. The molecule has 3 saturated carbocycles. The van der Waals surface area contributed by atoms with Crippen LogP contribution in [0.5, 0.6) is 17.2 Å². The highest BCUT2D eigenvalue weighted by Crippen LogP contribution is 2.62. The normalized spacial score (nSPS) is 25.6. The Labute approximate surface area is 559 Å². The molecule has 0 aromatic heterocycles. The summed E-state index contributed by atoms with van der Waals surface area (Å²) < 4.78 is 209. The smallest absolute Gasteiger partial charge is 0.188 e. The lowest BCUT2D eigenvalue weighted by atomic mass is 9.55. The van der Waals surface area contributed by atoms with Gasteiger partial charge in [0, 0.05) is 45.0 Å². The molecule has 0 radical (unpaired) electrons. The molecule has 6 aliphatic rings. The molecule has 0 saturated heterocycles. The maximum Gasteiger partial charge on any atom is 0.188 e. The minimum atomic E-state index is -4.26. The summed E-state index contributed by atoms with van der Waals surface area (Å²) in [6, 6.07) is 24.6. The fourth-order valence-electron chi connectivity index (χ4n) is 16.6. The van der Waals surface area contributed by atoms with Crippen LogP contribution in [0, 0.1) is 82.2 Å². The Morgan fingerprint density at radius 3 is 1.26 bits per heavy atom. The first kappa shape index (κ1) is 71.5. The molecule has 0 spiro atoms. The van der Waals surface area contributed by atoms with Gasteiger partial charge in [0.15, 0.2) is 64.2 Å². The molecule has 12 rings (SSSR count). The lowest BCUT2D eigenvalue weighted by molar-refractivity contribution is 0.0317. The van der Waals surface area contributed by atoms with E-state index in [-0.39, 0.29) is 111 Å². The van der Waals surface area contributed by atoms with Gasteiger partial charge in [-0.15, -0.1) is 0 Å². The van der Waals surface area contributed by atoms with Gasteiger partial charge in [-0.3, -0.25) is 0 Å². The van der Waals surface area contributed by atoms with Crippen molar-refractivity contribution in [3.05, 3.63) is 176 Å². The van der Waals surface area contributed by atoms with E-state index in [2.05, 4.69) is 27.7 Å². The second-order valence-corrected chi connectivity index (χ2v) is 37.0. The number of fused-ring (bicyclic) bond motifs is 9. The molecule has 3 fully saturated rings. The summed E-state index contributed by atoms with van der Waals surface area (Å²) in [5.74, 6) is -5.13. The first-order valence-corrected chi connectivity index (χ1v) is 39.6. The minimum Gasteiger partial charge on any atom is -0.490 e. The molecule has 510 valence electrons. The van der Waals surface area contributed by atoms with Crippen LogP contribution in [0.4, 0.5) is 26.3 Å². The van der Waals surface area contributed by atoms with Crippen LogP contribution >= 0.6 is 23.2 Å². The first-order chi connectivity index (χ1) is 44.3. The van der Waals surface area contributed by atoms with Crippen molar-refractivity contribution in [1.82, 2.24) is 0 Å². The van der Waals surface area contributed by atoms with Gasteiger partial charge in [0.1, 0.15) is 36.8 Å². The van der Waals surface area contributed by atoms with Gasteiger partial charge >= 0.3 is 0 Å². The van der Waals surface area contributed by atoms with Crippen molar-refractivity contribution >= 4 is 62.6 Å². The minimum absolute atomic E-state index is 0.00368. The molecule has 0 unspecified atom stereocenters. The third kappa shape index (κ3) is 13.4. The van der Waals surface area contributed by atoms with Crippen LogP contribution in [0.1, 0.15) is 134 Å². The van der Waals surface area contributed by atoms with Gasteiger partial charge < -0.3 is 14.2 Å². The van der Waals surface area contributed by atoms with Crippen molar-refractivity contribution in [2.45, 2.75) is 148 Å². The molecule has 6 aromatic rings. The molecule has 9 atom stereocenters. The SMILES string of the molecule is CC(C)C[C@@H]1CCC[C@@]2(S(=O)(=O)c3ccc(Cl)cc3)c3c(F)ccc(F)c3OC[C@@H]12.CCS(=O)(=O)c1ccc(S(=O)(=O)[C@@]23CCC[C@@H](CC(C)C)[C@@H]2COc2c(F)ccc(F)c23)cc1.CS(=O)(=O)CC[C@@H]1CCC[C@@]2(Cc3ccc(Cl)cc3)c3c(F)ccc(F)c3OC[C@@H]12. The number of sulfone groups is 4. The van der Waals surface area contributed by atoms with Gasteiger partial charge in [0.05, 0.1) is 57.1 Å². The Bertz CT molecular complexity index is 4240. The highest BCUT2D eigenvalue weighted by molar-refractivity contribution is 7.93. The van der Waals surface area contributed by atoms with Crippen LogP contribution in [0.15, 0.2) is 124 Å². The lowest BCUT2D eigenvalue weighted by Crippen LogP contribution is -2.54. The third-order valence-corrected chi connectivity index (χ3v) is 29.0. The second-order valence-electron chi connectivity index (χ2n) is 27.2. The van der Waals surface area contributed by atoms with E-state index in [1.165, 1.54) is 67.8 Å². The zero-order chi connectivity index (χ0) is 68.1. The molecule has 0 amide bonds. The standard InChI is InChI=1S/C25H30F2O5S2.2C23H25ClF2O3S/c1-4-33(28,29)18-7-9-19(10-8-18)34(30,31)25-13-5-6-17(14-16(2)3)20(25)15-32-24-22(27)12-11-21(26)23(24)25;1-14(2)12-15-4-3-11-23(30(27,28)17-7-5-16(24)6-8-17)18(15)13-29-22-20(26)10-9-19(25)21(22)23;1-30(27,28)12-10-16-3-2-11-23(13-15-4-6-17(24)7-5-15)18(16)14-29-22-20(26)9-8-19(25)21(22)23/h7-12,16-17,20H,4-6,13-15H2,1-3H3;5-10,14-15,18H,3-4,11-13H2,1-2H3;4-9,16,18H,2-3,10-14H2,1H3/t17-,20-,25-;15-,18-,23-;16-,18-,23-/m000/s1. The predicted octanol–water partition coefficient (Wildman–Crippen LogP) is 16.8. The fraction of sp³-hybridized carbons (Fsp3) is 0.493. The topological polar surface area (TPSA) is 164 Å². The number of rotatable bonds is 15. The Hall–Kier alpha value is -5.32. The average molecular weight is 1420 g/mol. The summed E-state index contributed by atoms with van der Waals surface area (Å²) in [6.07, 6.45) is 9.36. The number of hydrogen-bond acceptors (Lipinski definition) is 11. The monoisotopic (exact) mass is 1420 g/mol. The van der Waals surface area contributed by atoms with Crippen molar-refractivity contribution in [2.24, 2.45) is 47.3 Å². The summed E-state index contributed by atoms with van der Waals surface area (Å²) >= 11 is 12.0. The van der Waals surface area contributed by atoms with Crippen LogP contribution < -0.4 is 14.2 Å². The molecule has 3 aliphatic carbocycles. The van der Waals surface area contributed by atoms with Gasteiger partial charge in [-0.2, -0.15) is 0 Å². The second kappa shape index (κ2) is 27.9. The van der Waals surface area contributed by atoms with E-state index in [1.54, 1.807) is 12.1 Å². The van der Waals surface area contributed by atoms with E-state index in [0.717, 1.165) is 74.4 Å². The van der Waals surface area contributed by atoms with Gasteiger partial charge in [-0.05, 0) is 196 Å². The summed E-state index contributed by atoms with van der Waals surface area (Å²) in [6.45, 7) is 10.1. The van der Waals surface area contributed by atoms with E-state index in [9.17, 15) is 46.8 Å². The third-order valence-electron chi connectivity index (χ3n) is 20.6. The summed E-state index contributed by atoms with van der Waals surface area (Å²) in [5.41, 5.74) is 0.264. The largest absolute Gasteiger partial charge is 0.490 e. The Balaban J connectivity index is 0.000000154. The Kier molecular flexibility index (Phi) is 21.2. The van der Waals surface area contributed by atoms with Crippen LogP contribution in [0.2, 0.25) is 10.0 Å². The predicted molar refractivity (Wildman–Crippen MR) is 351 cm³/mol. The maximum atomic E-state index is 15.4. The van der Waals surface area contributed by atoms with Crippen molar-refractivity contribution in [2.75, 3.05) is 37.6 Å². The first-order valence-electron chi connectivity index (χ1n) is 32.2. The molecule has 0 bridgehead atoms. The van der Waals surface area contributed by atoms with Crippen LogP contribution in [-0.4, -0.2) is 71.3 Å². The molecule has 0 N–H and O–H groups in total. The van der Waals surface area contributed by atoms with Crippen LogP contribution in [0.25, 0.3) is 0 Å². The molecule has 94 heavy (non-hydrogen) atoms. The van der Waals surface area contributed by atoms with Crippen LogP contribution in [-0.2, 0) is 60.7 Å². The van der Waals surface area contributed by atoms with Crippen molar-refractivity contribution in [3.63, 3.8) is 0 Å². The van der Waals surface area contributed by atoms with Crippen molar-refractivity contribution < 1.29 is 74.2 Å². The van der Waals surface area contributed by atoms with E-state index in [0.29, 0.717) is 59.5 Å². The van der Waals surface area contributed by atoms with Gasteiger partial charge in [0.2, 0.25) is 0 Å². The summed E-state index contributed by atoms with van der Waals surface area (Å²) in [5, 5.41) is 1.03. The number of hydrogen-bond donors (Lipinski definition) is 0. The van der Waals surface area contributed by atoms with Crippen molar-refractivity contribution in [3.8, 4) is 17.2 Å². The Morgan fingerprint density at radius 1 is 0.468 bits per heavy atom. The Morgan fingerprint density at radius 2 is 0.830 bits per heavy atom.